The van der Waals surface area contributed by atoms with Crippen LogP contribution in [-0.2, 0) is 10.8 Å². The molecule has 4 nitrogen and oxygen atoms in total. The molecule has 0 radical (unpaired) electrons. The van der Waals surface area contributed by atoms with Crippen LogP contribution in [0.5, 0.6) is 0 Å². The standard InChI is InChI=1S/C86H66N4/c1-85(2)79-55-69(87(63-27-9-5-10-28-63)64-29-11-6-12-30-64)47-51-75(79)77-53-49-71(57-81(77)85)89(83-37-21-25-61-23-17-19-35-73(61)83)67-43-39-59(40-44-67)60-41-45-68(46-42-60)90(84-38-22-26-62-24-18-20-36-74(62)84)72-50-54-78-76-52-48-70(56-80(76)86(3,4)82(78)58-72)88(65-31-13-7-14-32-65)66-33-15-8-16-34-66/h5-58H,1-4H3. The molecule has 2 aliphatic carbocycles. The van der Waals surface area contributed by atoms with Crippen molar-refractivity contribution in [2.45, 2.75) is 38.5 Å². The molecule has 0 heterocycles. The molecule has 0 N–H and O–H groups in total. The molecule has 0 aromatic heterocycles. The predicted octanol–water partition coefficient (Wildman–Crippen LogP) is 24.2. The van der Waals surface area contributed by atoms with Gasteiger partial charge in [0.15, 0.2) is 0 Å². The first kappa shape index (κ1) is 54.2. The van der Waals surface area contributed by atoms with Gasteiger partial charge in [-0.3, -0.25) is 0 Å². The lowest BCUT2D eigenvalue weighted by Crippen LogP contribution is -2.17. The molecule has 0 fully saturated rings. The van der Waals surface area contributed by atoms with Crippen LogP contribution < -0.4 is 19.6 Å². The van der Waals surface area contributed by atoms with Crippen molar-refractivity contribution in [3.8, 4) is 33.4 Å². The molecule has 0 bridgehead atoms. The van der Waals surface area contributed by atoms with E-state index in [1.165, 1.54) is 66.1 Å². The molecule has 0 unspecified atom stereocenters. The van der Waals surface area contributed by atoms with Crippen LogP contribution in [0.25, 0.3) is 54.9 Å². The number of nitrogens with zero attached hydrogens (tertiary/aromatic N) is 4. The predicted molar refractivity (Wildman–Crippen MR) is 381 cm³/mol. The minimum absolute atomic E-state index is 0.276. The van der Waals surface area contributed by atoms with Crippen molar-refractivity contribution >= 4 is 89.8 Å². The average molecular weight is 1160 g/mol. The minimum Gasteiger partial charge on any atom is -0.310 e. The molecule has 16 rings (SSSR count). The van der Waals surface area contributed by atoms with Crippen molar-refractivity contribution in [1.82, 2.24) is 0 Å². The summed E-state index contributed by atoms with van der Waals surface area (Å²) in [4.78, 5) is 9.63. The first-order valence-electron chi connectivity index (χ1n) is 31.3. The number of hydrogen-bond donors (Lipinski definition) is 0. The number of para-hydroxylation sites is 4. The zero-order valence-corrected chi connectivity index (χ0v) is 51.0. The van der Waals surface area contributed by atoms with Crippen LogP contribution in [0, 0.1) is 0 Å². The van der Waals surface area contributed by atoms with Gasteiger partial charge in [-0.15, -0.1) is 0 Å². The van der Waals surface area contributed by atoms with Gasteiger partial charge < -0.3 is 19.6 Å². The van der Waals surface area contributed by atoms with Crippen LogP contribution in [-0.4, -0.2) is 0 Å². The summed E-state index contributed by atoms with van der Waals surface area (Å²) in [6.45, 7) is 9.55. The van der Waals surface area contributed by atoms with Crippen LogP contribution in [0.15, 0.2) is 328 Å². The summed E-state index contributed by atoms with van der Waals surface area (Å²) in [5.41, 5.74) is 25.6. The highest BCUT2D eigenvalue weighted by atomic mass is 15.2. The van der Waals surface area contributed by atoms with Gasteiger partial charge in [0, 0.05) is 78.5 Å². The van der Waals surface area contributed by atoms with Gasteiger partial charge in [0.2, 0.25) is 0 Å². The van der Waals surface area contributed by atoms with Crippen LogP contribution in [0.2, 0.25) is 0 Å². The highest BCUT2D eigenvalue weighted by Gasteiger charge is 2.39. The fraction of sp³-hybridized carbons (Fsp3) is 0.0698. The summed E-state index contributed by atoms with van der Waals surface area (Å²) < 4.78 is 0. The Kier molecular flexibility index (Phi) is 13.2. The Hall–Kier alpha value is -11.2. The molecule has 0 saturated carbocycles. The molecule has 2 aliphatic rings. The summed E-state index contributed by atoms with van der Waals surface area (Å²) in [6, 6.07) is 120. The zero-order chi connectivity index (χ0) is 60.5. The Labute approximate surface area is 528 Å². The first-order valence-corrected chi connectivity index (χ1v) is 31.3. The highest BCUT2D eigenvalue weighted by molar-refractivity contribution is 6.02. The van der Waals surface area contributed by atoms with Gasteiger partial charge in [0.25, 0.3) is 0 Å². The molecule has 4 heteroatoms. The van der Waals surface area contributed by atoms with Gasteiger partial charge in [-0.1, -0.05) is 222 Å². The third-order valence-electron chi connectivity index (χ3n) is 19.0. The van der Waals surface area contributed by atoms with Gasteiger partial charge in [0.1, 0.15) is 0 Å². The van der Waals surface area contributed by atoms with Crippen molar-refractivity contribution in [2.24, 2.45) is 0 Å². The molecule has 14 aromatic carbocycles. The summed E-state index contributed by atoms with van der Waals surface area (Å²) in [5, 5.41) is 4.80. The Bertz CT molecular complexity index is 4590. The van der Waals surface area contributed by atoms with E-state index in [1.54, 1.807) is 0 Å². The van der Waals surface area contributed by atoms with Crippen molar-refractivity contribution in [3.63, 3.8) is 0 Å². The largest absolute Gasteiger partial charge is 0.310 e. The lowest BCUT2D eigenvalue weighted by atomic mass is 9.82. The van der Waals surface area contributed by atoms with E-state index >= 15 is 0 Å². The normalized spacial score (nSPS) is 13.1. The average Bonchev–Trinajstić information content (AvgIpc) is 1.65. The minimum atomic E-state index is -0.276. The molecule has 0 aliphatic heterocycles. The van der Waals surface area contributed by atoms with Crippen LogP contribution >= 0.6 is 0 Å². The van der Waals surface area contributed by atoms with Gasteiger partial charge in [0.05, 0.1) is 11.4 Å². The Balaban J connectivity index is 0.742. The smallest absolute Gasteiger partial charge is 0.0540 e. The number of fused-ring (bicyclic) bond motifs is 8. The molecule has 14 aromatic rings. The highest BCUT2D eigenvalue weighted by Crippen LogP contribution is 2.55. The number of benzene rings is 14. The second-order valence-corrected chi connectivity index (χ2v) is 24.9. The maximum absolute atomic E-state index is 2.45. The summed E-state index contributed by atoms with van der Waals surface area (Å²) >= 11 is 0. The fourth-order valence-corrected chi connectivity index (χ4v) is 14.5. The molecular formula is C86H66N4. The maximum Gasteiger partial charge on any atom is 0.0540 e. The lowest BCUT2D eigenvalue weighted by Gasteiger charge is -2.30. The fourth-order valence-electron chi connectivity index (χ4n) is 14.5. The Morgan fingerprint density at radius 2 is 0.444 bits per heavy atom. The molecule has 430 valence electrons. The second kappa shape index (κ2) is 21.9. The van der Waals surface area contributed by atoms with Crippen molar-refractivity contribution in [1.29, 1.82) is 0 Å². The Morgan fingerprint density at radius 3 is 0.756 bits per heavy atom. The van der Waals surface area contributed by atoms with Crippen molar-refractivity contribution in [2.75, 3.05) is 19.6 Å². The van der Waals surface area contributed by atoms with Gasteiger partial charge in [-0.25, -0.2) is 0 Å². The van der Waals surface area contributed by atoms with E-state index in [1.807, 2.05) is 0 Å². The lowest BCUT2D eigenvalue weighted by molar-refractivity contribution is 0.660. The van der Waals surface area contributed by atoms with Gasteiger partial charge >= 0.3 is 0 Å². The molecule has 0 saturated heterocycles. The van der Waals surface area contributed by atoms with E-state index in [2.05, 4.69) is 375 Å². The molecule has 0 spiro atoms. The van der Waals surface area contributed by atoms with Gasteiger partial charge in [-0.2, -0.15) is 0 Å². The molecule has 90 heavy (non-hydrogen) atoms. The van der Waals surface area contributed by atoms with Gasteiger partial charge in [-0.05, 0) is 200 Å². The quantitative estimate of drug-likeness (QED) is 0.114. The topological polar surface area (TPSA) is 13.0 Å². The number of rotatable bonds is 13. The van der Waals surface area contributed by atoms with E-state index in [0.717, 1.165) is 79.4 Å². The van der Waals surface area contributed by atoms with Crippen molar-refractivity contribution in [3.05, 3.63) is 350 Å². The first-order chi connectivity index (χ1) is 44.2. The summed E-state index contributed by atoms with van der Waals surface area (Å²) in [6.07, 6.45) is 0. The summed E-state index contributed by atoms with van der Waals surface area (Å²) in [7, 11) is 0. The van der Waals surface area contributed by atoms with E-state index in [4.69, 9.17) is 0 Å². The van der Waals surface area contributed by atoms with Crippen molar-refractivity contribution < 1.29 is 0 Å². The Morgan fingerprint density at radius 1 is 0.200 bits per heavy atom. The van der Waals surface area contributed by atoms with Crippen LogP contribution in [0.4, 0.5) is 68.2 Å². The van der Waals surface area contributed by atoms with E-state index in [9.17, 15) is 0 Å². The van der Waals surface area contributed by atoms with E-state index in [-0.39, 0.29) is 10.8 Å². The van der Waals surface area contributed by atoms with Crippen LogP contribution in [0.1, 0.15) is 49.9 Å². The van der Waals surface area contributed by atoms with Crippen LogP contribution in [0.3, 0.4) is 0 Å². The van der Waals surface area contributed by atoms with E-state index in [0.29, 0.717) is 0 Å². The zero-order valence-electron chi connectivity index (χ0n) is 51.0. The summed E-state index contributed by atoms with van der Waals surface area (Å²) in [5.74, 6) is 0. The molecule has 0 amide bonds. The number of anilines is 12. The third kappa shape index (κ3) is 9.22. The molecule has 0 atom stereocenters. The number of hydrogen-bond acceptors (Lipinski definition) is 4. The van der Waals surface area contributed by atoms with E-state index < -0.39 is 0 Å². The SMILES string of the molecule is CC1(C)c2cc(N(c3ccccc3)c3ccccc3)ccc2-c2ccc(N(c3ccc(-c4ccc(N(c5ccc6c(c5)C(C)(C)c5cc(N(c7ccccc7)c7ccccc7)ccc5-6)c5cccc6ccccc56)cc4)cc3)c3cccc4ccccc34)cc21. The second-order valence-electron chi connectivity index (χ2n) is 24.9. The molecular weight excluding hydrogens is 1090 g/mol. The monoisotopic (exact) mass is 1150 g/mol. The third-order valence-corrected chi connectivity index (χ3v) is 19.0. The maximum atomic E-state index is 2.45.